The van der Waals surface area contributed by atoms with Crippen molar-refractivity contribution in [2.45, 2.75) is 6.42 Å². The molecular formula is C11H15ClN2O. The Kier molecular flexibility index (Phi) is 5.15. The Morgan fingerprint density at radius 2 is 2.33 bits per heavy atom. The monoisotopic (exact) mass is 226 g/mol. The van der Waals surface area contributed by atoms with Gasteiger partial charge in [0.25, 0.3) is 0 Å². The summed E-state index contributed by atoms with van der Waals surface area (Å²) >= 11 is 5.85. The van der Waals surface area contributed by atoms with E-state index in [-0.39, 0.29) is 0 Å². The molecule has 0 radical (unpaired) electrons. The maximum Gasteiger partial charge on any atom is 0.0982 e. The molecule has 0 aromatic heterocycles. The molecule has 1 aromatic rings. The van der Waals surface area contributed by atoms with Crippen molar-refractivity contribution in [2.75, 3.05) is 20.3 Å². The Hall–Kier alpha value is -1.06. The summed E-state index contributed by atoms with van der Waals surface area (Å²) in [7, 11) is 1.64. The van der Waals surface area contributed by atoms with Gasteiger partial charge in [0, 0.05) is 18.6 Å². The highest BCUT2D eigenvalue weighted by molar-refractivity contribution is 6.30. The van der Waals surface area contributed by atoms with Gasteiger partial charge < -0.3 is 10.5 Å². The molecule has 0 spiro atoms. The fourth-order valence-corrected chi connectivity index (χ4v) is 1.41. The standard InChI is InChI=1S/C11H15ClN2O/c1-15-6-5-14-11(13)8-9-3-2-4-10(12)7-9/h2-4,7H,5-6,8H2,1H3,(H2,13,14). The Balaban J connectivity index is 2.50. The molecule has 2 N–H and O–H groups in total. The van der Waals surface area contributed by atoms with Crippen LogP contribution in [0.1, 0.15) is 5.56 Å². The number of ether oxygens (including phenoxy) is 1. The number of nitrogens with zero attached hydrogens (tertiary/aromatic N) is 1. The molecule has 0 aliphatic rings. The first kappa shape index (κ1) is 12.0. The number of methoxy groups -OCH3 is 1. The van der Waals surface area contributed by atoms with E-state index >= 15 is 0 Å². The lowest BCUT2D eigenvalue weighted by molar-refractivity contribution is 0.208. The van der Waals surface area contributed by atoms with Crippen molar-refractivity contribution in [3.63, 3.8) is 0 Å². The van der Waals surface area contributed by atoms with Gasteiger partial charge in [-0.15, -0.1) is 0 Å². The topological polar surface area (TPSA) is 47.6 Å². The molecule has 0 heterocycles. The van der Waals surface area contributed by atoms with Crippen LogP contribution in [-0.4, -0.2) is 26.1 Å². The summed E-state index contributed by atoms with van der Waals surface area (Å²) in [5.74, 6) is 0.606. The van der Waals surface area contributed by atoms with Crippen LogP contribution in [0, 0.1) is 0 Å². The Labute approximate surface area is 94.9 Å². The van der Waals surface area contributed by atoms with Crippen molar-refractivity contribution in [3.05, 3.63) is 34.9 Å². The van der Waals surface area contributed by atoms with Crippen LogP contribution in [0.4, 0.5) is 0 Å². The van der Waals surface area contributed by atoms with E-state index < -0.39 is 0 Å². The molecule has 0 atom stereocenters. The third-order valence-corrected chi connectivity index (χ3v) is 2.12. The van der Waals surface area contributed by atoms with Crippen molar-refractivity contribution in [3.8, 4) is 0 Å². The zero-order valence-corrected chi connectivity index (χ0v) is 9.50. The molecule has 0 aliphatic heterocycles. The lowest BCUT2D eigenvalue weighted by Gasteiger charge is -2.02. The number of aliphatic imine (C=N–C) groups is 1. The third-order valence-electron chi connectivity index (χ3n) is 1.88. The SMILES string of the molecule is COCCN=C(N)Cc1cccc(Cl)c1. The van der Waals surface area contributed by atoms with Gasteiger partial charge in [-0.1, -0.05) is 23.7 Å². The molecule has 0 unspecified atom stereocenters. The van der Waals surface area contributed by atoms with E-state index in [4.69, 9.17) is 22.1 Å². The van der Waals surface area contributed by atoms with Gasteiger partial charge in [0.15, 0.2) is 0 Å². The summed E-state index contributed by atoms with van der Waals surface area (Å²) < 4.78 is 4.88. The maximum atomic E-state index is 5.85. The van der Waals surface area contributed by atoms with Gasteiger partial charge in [-0.2, -0.15) is 0 Å². The van der Waals surface area contributed by atoms with E-state index in [1.807, 2.05) is 24.3 Å². The molecule has 4 heteroatoms. The minimum absolute atomic E-state index is 0.593. The number of nitrogens with two attached hydrogens (primary N) is 1. The number of hydrogen-bond acceptors (Lipinski definition) is 2. The summed E-state index contributed by atoms with van der Waals surface area (Å²) in [4.78, 5) is 4.17. The Morgan fingerprint density at radius 1 is 1.53 bits per heavy atom. The van der Waals surface area contributed by atoms with Gasteiger partial charge in [-0.25, -0.2) is 0 Å². The highest BCUT2D eigenvalue weighted by Crippen LogP contribution is 2.10. The first-order valence-corrected chi connectivity index (χ1v) is 5.12. The molecule has 0 amide bonds. The quantitative estimate of drug-likeness (QED) is 0.474. The lowest BCUT2D eigenvalue weighted by Crippen LogP contribution is -2.16. The number of rotatable bonds is 5. The zero-order valence-electron chi connectivity index (χ0n) is 8.74. The van der Waals surface area contributed by atoms with E-state index in [0.717, 1.165) is 10.6 Å². The van der Waals surface area contributed by atoms with E-state index in [1.54, 1.807) is 7.11 Å². The van der Waals surface area contributed by atoms with Gasteiger partial charge in [-0.3, -0.25) is 4.99 Å². The largest absolute Gasteiger partial charge is 0.387 e. The molecule has 3 nitrogen and oxygen atoms in total. The van der Waals surface area contributed by atoms with Crippen LogP contribution in [-0.2, 0) is 11.2 Å². The average Bonchev–Trinajstić information content (AvgIpc) is 2.18. The van der Waals surface area contributed by atoms with E-state index in [9.17, 15) is 0 Å². The molecule has 0 saturated carbocycles. The van der Waals surface area contributed by atoms with Crippen molar-refractivity contribution in [2.24, 2.45) is 10.7 Å². The normalized spacial score (nSPS) is 11.7. The molecule has 15 heavy (non-hydrogen) atoms. The van der Waals surface area contributed by atoms with Gasteiger partial charge in [0.2, 0.25) is 0 Å². The Bertz CT molecular complexity index is 339. The van der Waals surface area contributed by atoms with Gasteiger partial charge in [0.05, 0.1) is 19.0 Å². The van der Waals surface area contributed by atoms with Crippen molar-refractivity contribution < 1.29 is 4.74 Å². The predicted octanol–water partition coefficient (Wildman–Crippen LogP) is 1.89. The van der Waals surface area contributed by atoms with Crippen LogP contribution < -0.4 is 5.73 Å². The second kappa shape index (κ2) is 6.43. The Morgan fingerprint density at radius 3 is 3.00 bits per heavy atom. The molecule has 0 fully saturated rings. The first-order valence-electron chi connectivity index (χ1n) is 4.74. The maximum absolute atomic E-state index is 5.85. The number of hydrogen-bond donors (Lipinski definition) is 1. The highest BCUT2D eigenvalue weighted by Gasteiger charge is 1.97. The smallest absolute Gasteiger partial charge is 0.0982 e. The highest BCUT2D eigenvalue weighted by atomic mass is 35.5. The first-order chi connectivity index (χ1) is 7.22. The van der Waals surface area contributed by atoms with Crippen LogP contribution in [0.25, 0.3) is 0 Å². The summed E-state index contributed by atoms with van der Waals surface area (Å²) in [6.07, 6.45) is 0.629. The minimum Gasteiger partial charge on any atom is -0.387 e. The minimum atomic E-state index is 0.593. The molecule has 82 valence electrons. The molecule has 0 saturated heterocycles. The number of benzene rings is 1. The summed E-state index contributed by atoms with van der Waals surface area (Å²) in [5.41, 5.74) is 6.82. The van der Waals surface area contributed by atoms with Crippen LogP contribution in [0.3, 0.4) is 0 Å². The molecule has 0 bridgehead atoms. The fraction of sp³-hybridized carbons (Fsp3) is 0.364. The fourth-order valence-electron chi connectivity index (χ4n) is 1.19. The summed E-state index contributed by atoms with van der Waals surface area (Å²) in [6.45, 7) is 1.19. The second-order valence-corrected chi connectivity index (χ2v) is 3.61. The lowest BCUT2D eigenvalue weighted by atomic mass is 10.1. The molecular weight excluding hydrogens is 212 g/mol. The predicted molar refractivity (Wildman–Crippen MR) is 63.5 cm³/mol. The van der Waals surface area contributed by atoms with Crippen LogP contribution >= 0.6 is 11.6 Å². The zero-order chi connectivity index (χ0) is 11.1. The van der Waals surface area contributed by atoms with E-state index in [2.05, 4.69) is 4.99 Å². The third kappa shape index (κ3) is 4.81. The summed E-state index contributed by atoms with van der Waals surface area (Å²) in [6, 6.07) is 7.61. The van der Waals surface area contributed by atoms with Crippen LogP contribution in [0.15, 0.2) is 29.3 Å². The number of amidine groups is 1. The van der Waals surface area contributed by atoms with Crippen LogP contribution in [0.5, 0.6) is 0 Å². The molecule has 1 aromatic carbocycles. The van der Waals surface area contributed by atoms with Gasteiger partial charge in [-0.05, 0) is 17.7 Å². The molecule has 1 rings (SSSR count). The van der Waals surface area contributed by atoms with Crippen molar-refractivity contribution in [1.82, 2.24) is 0 Å². The number of halogens is 1. The second-order valence-electron chi connectivity index (χ2n) is 3.17. The van der Waals surface area contributed by atoms with Gasteiger partial charge >= 0.3 is 0 Å². The van der Waals surface area contributed by atoms with E-state index in [0.29, 0.717) is 25.4 Å². The van der Waals surface area contributed by atoms with Crippen molar-refractivity contribution >= 4 is 17.4 Å². The van der Waals surface area contributed by atoms with Crippen LogP contribution in [0.2, 0.25) is 5.02 Å². The van der Waals surface area contributed by atoms with Crippen molar-refractivity contribution in [1.29, 1.82) is 0 Å². The summed E-state index contributed by atoms with van der Waals surface area (Å²) in [5, 5.41) is 0.720. The molecule has 0 aliphatic carbocycles. The van der Waals surface area contributed by atoms with Gasteiger partial charge in [0.1, 0.15) is 0 Å². The average molecular weight is 227 g/mol. The van der Waals surface area contributed by atoms with E-state index in [1.165, 1.54) is 0 Å².